The molecule has 0 N–H and O–H groups in total. The van der Waals surface area contributed by atoms with Gasteiger partial charge in [0.2, 0.25) is 0 Å². The van der Waals surface area contributed by atoms with E-state index in [2.05, 4.69) is 6.92 Å². The lowest BCUT2D eigenvalue weighted by Gasteiger charge is -1.95. The standard InChI is InChI=1S/C6H10O2/c1-2-5-3-6(7)8-4-5/h5H,2-4H2,1H3/t5-/m0/s1. The summed E-state index contributed by atoms with van der Waals surface area (Å²) >= 11 is 0. The molecule has 0 unspecified atom stereocenters. The SMILES string of the molecule is CC[C@@H]1COC(=O)C1. The first-order valence-corrected chi connectivity index (χ1v) is 2.98. The highest BCUT2D eigenvalue weighted by Crippen LogP contribution is 2.16. The van der Waals surface area contributed by atoms with Crippen molar-refractivity contribution in [3.63, 3.8) is 0 Å². The monoisotopic (exact) mass is 114 g/mol. The summed E-state index contributed by atoms with van der Waals surface area (Å²) in [6.07, 6.45) is 1.70. The predicted molar refractivity (Wildman–Crippen MR) is 29.4 cm³/mol. The van der Waals surface area contributed by atoms with E-state index < -0.39 is 0 Å². The van der Waals surface area contributed by atoms with E-state index in [0.29, 0.717) is 18.9 Å². The van der Waals surface area contributed by atoms with Gasteiger partial charge in [-0.3, -0.25) is 4.79 Å². The number of esters is 1. The zero-order valence-electron chi connectivity index (χ0n) is 5.02. The van der Waals surface area contributed by atoms with Crippen molar-refractivity contribution in [2.75, 3.05) is 6.61 Å². The van der Waals surface area contributed by atoms with Gasteiger partial charge in [-0.2, -0.15) is 0 Å². The Morgan fingerprint density at radius 1 is 1.88 bits per heavy atom. The van der Waals surface area contributed by atoms with E-state index in [-0.39, 0.29) is 5.97 Å². The summed E-state index contributed by atoms with van der Waals surface area (Å²) in [5.41, 5.74) is 0. The molecule has 2 nitrogen and oxygen atoms in total. The van der Waals surface area contributed by atoms with E-state index in [9.17, 15) is 4.79 Å². The van der Waals surface area contributed by atoms with Crippen molar-refractivity contribution < 1.29 is 9.53 Å². The van der Waals surface area contributed by atoms with Crippen LogP contribution in [0, 0.1) is 5.92 Å². The minimum Gasteiger partial charge on any atom is -0.465 e. The molecule has 1 aliphatic heterocycles. The van der Waals surface area contributed by atoms with Gasteiger partial charge in [0.1, 0.15) is 0 Å². The Kier molecular flexibility index (Phi) is 1.51. The van der Waals surface area contributed by atoms with Crippen LogP contribution in [0.3, 0.4) is 0 Å². The Labute approximate surface area is 48.8 Å². The summed E-state index contributed by atoms with van der Waals surface area (Å²) in [4.78, 5) is 10.4. The highest BCUT2D eigenvalue weighted by Gasteiger charge is 2.21. The Hall–Kier alpha value is -0.530. The number of rotatable bonds is 1. The minimum absolute atomic E-state index is 0.0307. The molecule has 1 aliphatic rings. The summed E-state index contributed by atoms with van der Waals surface area (Å²) < 4.78 is 4.72. The highest BCUT2D eigenvalue weighted by atomic mass is 16.5. The minimum atomic E-state index is -0.0307. The summed E-state index contributed by atoms with van der Waals surface area (Å²) in [7, 11) is 0. The smallest absolute Gasteiger partial charge is 0.306 e. The molecule has 1 rings (SSSR count). The Morgan fingerprint density at radius 2 is 2.62 bits per heavy atom. The van der Waals surface area contributed by atoms with Crippen LogP contribution in [-0.2, 0) is 9.53 Å². The van der Waals surface area contributed by atoms with Crippen molar-refractivity contribution in [3.05, 3.63) is 0 Å². The average molecular weight is 114 g/mol. The van der Waals surface area contributed by atoms with Gasteiger partial charge < -0.3 is 4.74 Å². The number of hydrogen-bond acceptors (Lipinski definition) is 2. The molecule has 0 amide bonds. The van der Waals surface area contributed by atoms with Gasteiger partial charge in [-0.05, 0) is 6.42 Å². The van der Waals surface area contributed by atoms with Gasteiger partial charge in [0.15, 0.2) is 0 Å². The van der Waals surface area contributed by atoms with E-state index in [1.54, 1.807) is 0 Å². The van der Waals surface area contributed by atoms with Gasteiger partial charge in [-0.15, -0.1) is 0 Å². The fourth-order valence-corrected chi connectivity index (χ4v) is 0.827. The third-order valence-electron chi connectivity index (χ3n) is 1.51. The maximum absolute atomic E-state index is 10.4. The van der Waals surface area contributed by atoms with Crippen molar-refractivity contribution in [1.82, 2.24) is 0 Å². The molecular weight excluding hydrogens is 104 g/mol. The van der Waals surface area contributed by atoms with Gasteiger partial charge in [0.05, 0.1) is 13.0 Å². The summed E-state index contributed by atoms with van der Waals surface area (Å²) in [6, 6.07) is 0. The zero-order valence-corrected chi connectivity index (χ0v) is 5.02. The summed E-state index contributed by atoms with van der Waals surface area (Å²) in [5, 5.41) is 0. The van der Waals surface area contributed by atoms with Gasteiger partial charge in [0.25, 0.3) is 0 Å². The van der Waals surface area contributed by atoms with E-state index in [1.165, 1.54) is 0 Å². The first-order chi connectivity index (χ1) is 3.83. The second-order valence-corrected chi connectivity index (χ2v) is 2.16. The van der Waals surface area contributed by atoms with E-state index in [4.69, 9.17) is 4.74 Å². The molecule has 1 saturated heterocycles. The van der Waals surface area contributed by atoms with Crippen LogP contribution in [0.15, 0.2) is 0 Å². The molecule has 0 aliphatic carbocycles. The molecule has 2 heteroatoms. The van der Waals surface area contributed by atoms with Crippen LogP contribution in [-0.4, -0.2) is 12.6 Å². The average Bonchev–Trinajstić information content (AvgIpc) is 2.14. The predicted octanol–water partition coefficient (Wildman–Crippen LogP) is 0.960. The Balaban J connectivity index is 2.32. The molecular formula is C6H10O2. The molecule has 0 radical (unpaired) electrons. The summed E-state index contributed by atoms with van der Waals surface area (Å²) in [5.74, 6) is 0.472. The van der Waals surface area contributed by atoms with Crippen LogP contribution in [0.25, 0.3) is 0 Å². The van der Waals surface area contributed by atoms with Crippen LogP contribution in [0.1, 0.15) is 19.8 Å². The van der Waals surface area contributed by atoms with Gasteiger partial charge in [-0.25, -0.2) is 0 Å². The first-order valence-electron chi connectivity index (χ1n) is 2.98. The maximum atomic E-state index is 10.4. The molecule has 0 bridgehead atoms. The largest absolute Gasteiger partial charge is 0.465 e. The molecule has 46 valence electrons. The number of carbonyl (C=O) groups is 1. The summed E-state index contributed by atoms with van der Waals surface area (Å²) in [6.45, 7) is 2.72. The molecule has 0 spiro atoms. The van der Waals surface area contributed by atoms with Crippen LogP contribution < -0.4 is 0 Å². The molecule has 0 aromatic heterocycles. The van der Waals surface area contributed by atoms with Gasteiger partial charge in [-0.1, -0.05) is 6.92 Å². The maximum Gasteiger partial charge on any atom is 0.306 e. The van der Waals surface area contributed by atoms with Crippen molar-refractivity contribution in [3.8, 4) is 0 Å². The lowest BCUT2D eigenvalue weighted by atomic mass is 10.1. The van der Waals surface area contributed by atoms with Gasteiger partial charge >= 0.3 is 5.97 Å². The Morgan fingerprint density at radius 3 is 2.88 bits per heavy atom. The highest BCUT2D eigenvalue weighted by molar-refractivity contribution is 5.71. The number of cyclic esters (lactones) is 1. The molecule has 0 saturated carbocycles. The topological polar surface area (TPSA) is 26.3 Å². The lowest BCUT2D eigenvalue weighted by Crippen LogP contribution is -1.94. The lowest BCUT2D eigenvalue weighted by molar-refractivity contribution is -0.137. The van der Waals surface area contributed by atoms with Crippen LogP contribution in [0.5, 0.6) is 0 Å². The zero-order chi connectivity index (χ0) is 5.98. The number of ether oxygens (including phenoxy) is 1. The van der Waals surface area contributed by atoms with Crippen molar-refractivity contribution in [1.29, 1.82) is 0 Å². The number of hydrogen-bond donors (Lipinski definition) is 0. The fraction of sp³-hybridized carbons (Fsp3) is 0.833. The molecule has 0 aromatic rings. The van der Waals surface area contributed by atoms with Gasteiger partial charge in [0, 0.05) is 5.92 Å². The quantitative estimate of drug-likeness (QED) is 0.474. The normalized spacial score (nSPS) is 28.1. The Bertz CT molecular complexity index is 98.7. The third kappa shape index (κ3) is 0.997. The molecule has 1 fully saturated rings. The second kappa shape index (κ2) is 2.16. The van der Waals surface area contributed by atoms with Crippen LogP contribution in [0.4, 0.5) is 0 Å². The van der Waals surface area contributed by atoms with E-state index in [0.717, 1.165) is 6.42 Å². The van der Waals surface area contributed by atoms with Crippen molar-refractivity contribution >= 4 is 5.97 Å². The fourth-order valence-electron chi connectivity index (χ4n) is 0.827. The van der Waals surface area contributed by atoms with Crippen molar-refractivity contribution in [2.24, 2.45) is 5.92 Å². The third-order valence-corrected chi connectivity index (χ3v) is 1.51. The van der Waals surface area contributed by atoms with Crippen molar-refractivity contribution in [2.45, 2.75) is 19.8 Å². The molecule has 8 heavy (non-hydrogen) atoms. The van der Waals surface area contributed by atoms with E-state index >= 15 is 0 Å². The second-order valence-electron chi connectivity index (χ2n) is 2.16. The first kappa shape index (κ1) is 5.60. The van der Waals surface area contributed by atoms with Crippen LogP contribution >= 0.6 is 0 Å². The van der Waals surface area contributed by atoms with E-state index in [1.807, 2.05) is 0 Å². The molecule has 1 atom stereocenters. The molecule has 1 heterocycles. The molecule has 0 aromatic carbocycles. The van der Waals surface area contributed by atoms with Crippen LogP contribution in [0.2, 0.25) is 0 Å². The number of carbonyl (C=O) groups excluding carboxylic acids is 1.